The van der Waals surface area contributed by atoms with E-state index in [1.165, 1.54) is 0 Å². The summed E-state index contributed by atoms with van der Waals surface area (Å²) in [4.78, 5) is 4.03. The molecule has 52 valence electrons. The van der Waals surface area contributed by atoms with Gasteiger partial charge in [0.2, 0.25) is 0 Å². The van der Waals surface area contributed by atoms with Crippen LogP contribution in [0.2, 0.25) is 0 Å². The van der Waals surface area contributed by atoms with E-state index in [-0.39, 0.29) is 6.04 Å². The molecule has 3 N–H and O–H groups in total. The molecule has 9 heavy (non-hydrogen) atoms. The molecule has 1 aliphatic heterocycles. The van der Waals surface area contributed by atoms with E-state index in [4.69, 9.17) is 5.73 Å². The molecule has 0 radical (unpaired) electrons. The van der Waals surface area contributed by atoms with E-state index in [0.29, 0.717) is 6.04 Å². The van der Waals surface area contributed by atoms with Crippen molar-refractivity contribution in [3.63, 3.8) is 0 Å². The molecule has 1 heterocycles. The standard InChI is InChI=1S/C6H13N3/c1-5(7)2-6-3-8-4-9-6/h4-6H,2-3,7H2,1H3,(H,8,9). The molecule has 0 aromatic heterocycles. The number of aliphatic imine (C=N–C) groups is 1. The van der Waals surface area contributed by atoms with Gasteiger partial charge in [-0.15, -0.1) is 0 Å². The van der Waals surface area contributed by atoms with Gasteiger partial charge in [-0.25, -0.2) is 0 Å². The van der Waals surface area contributed by atoms with E-state index in [1.54, 1.807) is 6.34 Å². The summed E-state index contributed by atoms with van der Waals surface area (Å²) in [6.07, 6.45) is 2.77. The Morgan fingerprint density at radius 2 is 2.78 bits per heavy atom. The van der Waals surface area contributed by atoms with Crippen molar-refractivity contribution in [3.05, 3.63) is 0 Å². The molecule has 1 rings (SSSR count). The Morgan fingerprint density at radius 1 is 2.00 bits per heavy atom. The second-order valence-electron chi connectivity index (χ2n) is 2.57. The van der Waals surface area contributed by atoms with Gasteiger partial charge in [0, 0.05) is 12.1 Å². The Balaban J connectivity index is 2.14. The SMILES string of the molecule is CC(N)CC1CN=CN1. The molecule has 0 amide bonds. The Morgan fingerprint density at radius 3 is 3.22 bits per heavy atom. The van der Waals surface area contributed by atoms with Crippen LogP contribution in [0.4, 0.5) is 0 Å². The Kier molecular flexibility index (Phi) is 2.05. The lowest BCUT2D eigenvalue weighted by Crippen LogP contribution is -2.31. The van der Waals surface area contributed by atoms with Crippen molar-refractivity contribution in [1.82, 2.24) is 5.32 Å². The van der Waals surface area contributed by atoms with Gasteiger partial charge in [0.05, 0.1) is 12.9 Å². The molecule has 0 spiro atoms. The van der Waals surface area contributed by atoms with Gasteiger partial charge in [0.1, 0.15) is 0 Å². The molecule has 0 aliphatic carbocycles. The highest BCUT2D eigenvalue weighted by Gasteiger charge is 2.10. The van der Waals surface area contributed by atoms with Crippen molar-refractivity contribution in [2.45, 2.75) is 25.4 Å². The summed E-state index contributed by atoms with van der Waals surface area (Å²) in [5, 5.41) is 3.12. The Labute approximate surface area is 55.3 Å². The molecule has 0 fully saturated rings. The van der Waals surface area contributed by atoms with Crippen molar-refractivity contribution in [2.75, 3.05) is 6.54 Å². The van der Waals surface area contributed by atoms with Crippen LogP contribution >= 0.6 is 0 Å². The monoisotopic (exact) mass is 127 g/mol. The molecule has 0 saturated heterocycles. The zero-order valence-corrected chi connectivity index (χ0v) is 5.67. The molecule has 0 aromatic rings. The van der Waals surface area contributed by atoms with E-state index in [9.17, 15) is 0 Å². The topological polar surface area (TPSA) is 50.4 Å². The molecule has 3 nitrogen and oxygen atoms in total. The minimum absolute atomic E-state index is 0.282. The first-order valence-electron chi connectivity index (χ1n) is 3.29. The van der Waals surface area contributed by atoms with Crippen molar-refractivity contribution >= 4 is 6.34 Å². The van der Waals surface area contributed by atoms with Gasteiger partial charge in [-0.2, -0.15) is 0 Å². The molecule has 1 aliphatic rings. The van der Waals surface area contributed by atoms with Crippen molar-refractivity contribution < 1.29 is 0 Å². The summed E-state index contributed by atoms with van der Waals surface area (Å²) < 4.78 is 0. The highest BCUT2D eigenvalue weighted by Crippen LogP contribution is 1.98. The maximum atomic E-state index is 5.58. The van der Waals surface area contributed by atoms with Gasteiger partial charge >= 0.3 is 0 Å². The zero-order chi connectivity index (χ0) is 6.69. The van der Waals surface area contributed by atoms with Gasteiger partial charge in [0.25, 0.3) is 0 Å². The Hall–Kier alpha value is -0.570. The fourth-order valence-electron chi connectivity index (χ4n) is 0.982. The lowest BCUT2D eigenvalue weighted by molar-refractivity contribution is 0.539. The third-order valence-electron chi connectivity index (χ3n) is 1.38. The third kappa shape index (κ3) is 2.01. The minimum Gasteiger partial charge on any atom is -0.372 e. The Bertz CT molecular complexity index is 101. The molecule has 3 heteroatoms. The first-order chi connectivity index (χ1) is 4.29. The quantitative estimate of drug-likeness (QED) is 0.536. The van der Waals surface area contributed by atoms with Crippen LogP contribution in [0.5, 0.6) is 0 Å². The van der Waals surface area contributed by atoms with E-state index in [0.717, 1.165) is 13.0 Å². The highest BCUT2D eigenvalue weighted by molar-refractivity contribution is 5.57. The van der Waals surface area contributed by atoms with Crippen LogP contribution in [0.3, 0.4) is 0 Å². The first-order valence-corrected chi connectivity index (χ1v) is 3.29. The molecular formula is C6H13N3. The summed E-state index contributed by atoms with van der Waals surface area (Å²) in [6, 6.07) is 0.772. The molecular weight excluding hydrogens is 114 g/mol. The predicted octanol–water partition coefficient (Wildman–Crippen LogP) is -0.276. The summed E-state index contributed by atoms with van der Waals surface area (Å²) in [5.74, 6) is 0. The average Bonchev–Trinajstić information content (AvgIpc) is 2.15. The molecule has 2 unspecified atom stereocenters. The van der Waals surface area contributed by atoms with Crippen molar-refractivity contribution in [1.29, 1.82) is 0 Å². The van der Waals surface area contributed by atoms with Gasteiger partial charge in [-0.05, 0) is 13.3 Å². The van der Waals surface area contributed by atoms with E-state index in [2.05, 4.69) is 10.3 Å². The lowest BCUT2D eigenvalue weighted by atomic mass is 10.1. The number of hydrogen-bond acceptors (Lipinski definition) is 3. The van der Waals surface area contributed by atoms with Crippen LogP contribution in [0.25, 0.3) is 0 Å². The van der Waals surface area contributed by atoms with Crippen LogP contribution < -0.4 is 11.1 Å². The largest absolute Gasteiger partial charge is 0.372 e. The second kappa shape index (κ2) is 2.82. The van der Waals surface area contributed by atoms with Crippen LogP contribution in [-0.4, -0.2) is 25.0 Å². The van der Waals surface area contributed by atoms with Crippen molar-refractivity contribution in [3.8, 4) is 0 Å². The number of nitrogens with two attached hydrogens (primary N) is 1. The molecule has 0 saturated carbocycles. The molecule has 0 bridgehead atoms. The van der Waals surface area contributed by atoms with Crippen LogP contribution in [0.15, 0.2) is 4.99 Å². The average molecular weight is 127 g/mol. The summed E-state index contributed by atoms with van der Waals surface area (Å²) >= 11 is 0. The smallest absolute Gasteiger partial charge is 0.0827 e. The van der Waals surface area contributed by atoms with E-state index in [1.807, 2.05) is 6.92 Å². The van der Waals surface area contributed by atoms with Crippen molar-refractivity contribution in [2.24, 2.45) is 10.7 Å². The zero-order valence-electron chi connectivity index (χ0n) is 5.67. The minimum atomic E-state index is 0.282. The predicted molar refractivity (Wildman–Crippen MR) is 38.5 cm³/mol. The van der Waals surface area contributed by atoms with Gasteiger partial charge in [-0.3, -0.25) is 4.99 Å². The number of hydrogen-bond donors (Lipinski definition) is 2. The summed E-state index contributed by atoms with van der Waals surface area (Å²) in [5.41, 5.74) is 5.58. The van der Waals surface area contributed by atoms with Crippen LogP contribution in [0, 0.1) is 0 Å². The highest BCUT2D eigenvalue weighted by atomic mass is 15.1. The normalized spacial score (nSPS) is 28.0. The summed E-state index contributed by atoms with van der Waals surface area (Å²) in [7, 11) is 0. The number of rotatable bonds is 2. The van der Waals surface area contributed by atoms with Crippen LogP contribution in [0.1, 0.15) is 13.3 Å². The summed E-state index contributed by atoms with van der Waals surface area (Å²) in [6.45, 7) is 2.90. The number of nitrogens with one attached hydrogen (secondary N) is 1. The fraction of sp³-hybridized carbons (Fsp3) is 0.833. The maximum absolute atomic E-state index is 5.58. The van der Waals surface area contributed by atoms with Gasteiger partial charge in [-0.1, -0.05) is 0 Å². The van der Waals surface area contributed by atoms with E-state index >= 15 is 0 Å². The molecule has 0 aromatic carbocycles. The first kappa shape index (κ1) is 6.55. The lowest BCUT2D eigenvalue weighted by Gasteiger charge is -2.11. The van der Waals surface area contributed by atoms with E-state index < -0.39 is 0 Å². The fourth-order valence-corrected chi connectivity index (χ4v) is 0.982. The second-order valence-corrected chi connectivity index (χ2v) is 2.57. The molecule has 2 atom stereocenters. The maximum Gasteiger partial charge on any atom is 0.0827 e. The number of nitrogens with zero attached hydrogens (tertiary/aromatic N) is 1. The van der Waals surface area contributed by atoms with Crippen LogP contribution in [-0.2, 0) is 0 Å². The van der Waals surface area contributed by atoms with Gasteiger partial charge < -0.3 is 11.1 Å². The third-order valence-corrected chi connectivity index (χ3v) is 1.38. The van der Waals surface area contributed by atoms with Gasteiger partial charge in [0.15, 0.2) is 0 Å².